The fraction of sp³-hybridized carbons (Fsp3) is 0.130. The standard InChI is InChI=1S/C23H20O3/c1-16(23(25)26)15-22(24)21-13-11-20(12-14-21)19-9-7-18(8-10-19)17-5-3-2-4-6-17/h2-14,16H,15H2,1H3,(H,25,26). The van der Waals surface area contributed by atoms with E-state index in [1.54, 1.807) is 19.1 Å². The molecule has 3 rings (SSSR count). The Bertz CT molecular complexity index is 894. The van der Waals surface area contributed by atoms with Crippen LogP contribution in [-0.2, 0) is 4.79 Å². The van der Waals surface area contributed by atoms with E-state index in [1.807, 2.05) is 30.3 Å². The van der Waals surface area contributed by atoms with Gasteiger partial charge in [0, 0.05) is 12.0 Å². The third-order valence-electron chi connectivity index (χ3n) is 4.45. The molecule has 3 nitrogen and oxygen atoms in total. The summed E-state index contributed by atoms with van der Waals surface area (Å²) in [6.07, 6.45) is 0.0143. The lowest BCUT2D eigenvalue weighted by atomic mass is 9.96. The predicted octanol–water partition coefficient (Wildman–Crippen LogP) is 5.31. The van der Waals surface area contributed by atoms with Crippen LogP contribution in [0.4, 0.5) is 0 Å². The largest absolute Gasteiger partial charge is 0.481 e. The van der Waals surface area contributed by atoms with Crippen LogP contribution in [0.25, 0.3) is 22.3 Å². The van der Waals surface area contributed by atoms with E-state index in [0.717, 1.165) is 16.7 Å². The molecular formula is C23H20O3. The molecule has 0 aliphatic rings. The van der Waals surface area contributed by atoms with Gasteiger partial charge in [-0.1, -0.05) is 85.8 Å². The Hall–Kier alpha value is -3.20. The Morgan fingerprint density at radius 2 is 1.15 bits per heavy atom. The van der Waals surface area contributed by atoms with E-state index < -0.39 is 11.9 Å². The number of carbonyl (C=O) groups is 2. The summed E-state index contributed by atoms with van der Waals surface area (Å²) in [4.78, 5) is 23.0. The molecule has 1 N–H and O–H groups in total. The van der Waals surface area contributed by atoms with Crippen LogP contribution in [0.1, 0.15) is 23.7 Å². The fourth-order valence-electron chi connectivity index (χ4n) is 2.82. The summed E-state index contributed by atoms with van der Waals surface area (Å²) in [6.45, 7) is 1.54. The molecule has 3 aromatic carbocycles. The van der Waals surface area contributed by atoms with Gasteiger partial charge < -0.3 is 5.11 Å². The number of Topliss-reactive ketones (excluding diaryl/α,β-unsaturated/α-hetero) is 1. The van der Waals surface area contributed by atoms with E-state index >= 15 is 0 Å². The number of carboxylic acids is 1. The predicted molar refractivity (Wildman–Crippen MR) is 103 cm³/mol. The molecular weight excluding hydrogens is 324 g/mol. The highest BCUT2D eigenvalue weighted by atomic mass is 16.4. The van der Waals surface area contributed by atoms with Crippen molar-refractivity contribution in [2.45, 2.75) is 13.3 Å². The first-order valence-corrected chi connectivity index (χ1v) is 8.56. The van der Waals surface area contributed by atoms with Crippen LogP contribution in [0.2, 0.25) is 0 Å². The van der Waals surface area contributed by atoms with Crippen molar-refractivity contribution in [3.63, 3.8) is 0 Å². The molecule has 0 aliphatic carbocycles. The highest BCUT2D eigenvalue weighted by Crippen LogP contribution is 2.25. The van der Waals surface area contributed by atoms with Crippen LogP contribution in [0, 0.1) is 5.92 Å². The Morgan fingerprint density at radius 3 is 1.62 bits per heavy atom. The van der Waals surface area contributed by atoms with Gasteiger partial charge in [0.2, 0.25) is 0 Å². The van der Waals surface area contributed by atoms with Crippen molar-refractivity contribution in [1.82, 2.24) is 0 Å². The topological polar surface area (TPSA) is 54.4 Å². The Kier molecular flexibility index (Phi) is 5.28. The number of carboxylic acid groups (broad SMARTS) is 1. The molecule has 1 atom stereocenters. The minimum absolute atomic E-state index is 0.0143. The Balaban J connectivity index is 1.74. The molecule has 3 heteroatoms. The van der Waals surface area contributed by atoms with Gasteiger partial charge in [-0.3, -0.25) is 9.59 Å². The lowest BCUT2D eigenvalue weighted by Gasteiger charge is -2.08. The summed E-state index contributed by atoms with van der Waals surface area (Å²) in [5, 5.41) is 8.92. The third-order valence-corrected chi connectivity index (χ3v) is 4.45. The number of benzene rings is 3. The van der Waals surface area contributed by atoms with Gasteiger partial charge in [-0.25, -0.2) is 0 Å². The zero-order chi connectivity index (χ0) is 18.5. The maximum Gasteiger partial charge on any atom is 0.306 e. The average molecular weight is 344 g/mol. The number of hydrogen-bond acceptors (Lipinski definition) is 2. The van der Waals surface area contributed by atoms with Crippen LogP contribution in [0.3, 0.4) is 0 Å². The van der Waals surface area contributed by atoms with Gasteiger partial charge in [-0.15, -0.1) is 0 Å². The lowest BCUT2D eigenvalue weighted by Crippen LogP contribution is -2.14. The van der Waals surface area contributed by atoms with Gasteiger partial charge in [0.1, 0.15) is 0 Å². The highest BCUT2D eigenvalue weighted by molar-refractivity contribution is 5.98. The Labute approximate surface area is 152 Å². The number of carbonyl (C=O) groups excluding carboxylic acids is 1. The molecule has 3 aromatic rings. The molecule has 0 aliphatic heterocycles. The molecule has 1 unspecified atom stereocenters. The second-order valence-electron chi connectivity index (χ2n) is 6.39. The van der Waals surface area contributed by atoms with Crippen molar-refractivity contribution in [2.75, 3.05) is 0 Å². The van der Waals surface area contributed by atoms with E-state index in [1.165, 1.54) is 5.56 Å². The van der Waals surface area contributed by atoms with Crippen LogP contribution >= 0.6 is 0 Å². The minimum Gasteiger partial charge on any atom is -0.481 e. The molecule has 0 bridgehead atoms. The van der Waals surface area contributed by atoms with Gasteiger partial charge >= 0.3 is 5.97 Å². The highest BCUT2D eigenvalue weighted by Gasteiger charge is 2.16. The fourth-order valence-corrected chi connectivity index (χ4v) is 2.82. The molecule has 0 spiro atoms. The van der Waals surface area contributed by atoms with Crippen molar-refractivity contribution in [3.8, 4) is 22.3 Å². The Morgan fingerprint density at radius 1 is 0.731 bits per heavy atom. The van der Waals surface area contributed by atoms with Crippen molar-refractivity contribution in [1.29, 1.82) is 0 Å². The molecule has 0 saturated heterocycles. The minimum atomic E-state index is -0.950. The summed E-state index contributed by atoms with van der Waals surface area (Å²) in [5.41, 5.74) is 4.97. The zero-order valence-electron chi connectivity index (χ0n) is 14.6. The number of ketones is 1. The molecule has 0 aromatic heterocycles. The van der Waals surface area contributed by atoms with E-state index in [2.05, 4.69) is 36.4 Å². The van der Waals surface area contributed by atoms with Crippen LogP contribution in [0.5, 0.6) is 0 Å². The monoisotopic (exact) mass is 344 g/mol. The molecule has 0 saturated carbocycles. The molecule has 0 amide bonds. The molecule has 130 valence electrons. The van der Waals surface area contributed by atoms with Crippen LogP contribution < -0.4 is 0 Å². The second kappa shape index (κ2) is 7.79. The average Bonchev–Trinajstić information content (AvgIpc) is 2.69. The first kappa shape index (κ1) is 17.6. The van der Waals surface area contributed by atoms with Crippen molar-refractivity contribution < 1.29 is 14.7 Å². The molecule has 0 radical (unpaired) electrons. The summed E-state index contributed by atoms with van der Waals surface area (Å²) in [6, 6.07) is 25.8. The van der Waals surface area contributed by atoms with Gasteiger partial charge in [0.15, 0.2) is 5.78 Å². The summed E-state index contributed by atoms with van der Waals surface area (Å²) < 4.78 is 0. The summed E-state index contributed by atoms with van der Waals surface area (Å²) in [5.74, 6) is -1.77. The van der Waals surface area contributed by atoms with E-state index in [4.69, 9.17) is 5.11 Å². The second-order valence-corrected chi connectivity index (χ2v) is 6.39. The van der Waals surface area contributed by atoms with E-state index in [9.17, 15) is 9.59 Å². The van der Waals surface area contributed by atoms with Gasteiger partial charge in [-0.2, -0.15) is 0 Å². The maximum absolute atomic E-state index is 12.1. The maximum atomic E-state index is 12.1. The van der Waals surface area contributed by atoms with Crippen molar-refractivity contribution in [3.05, 3.63) is 84.4 Å². The smallest absolute Gasteiger partial charge is 0.306 e. The quantitative estimate of drug-likeness (QED) is 0.616. The number of hydrogen-bond donors (Lipinski definition) is 1. The van der Waals surface area contributed by atoms with E-state index in [-0.39, 0.29) is 12.2 Å². The van der Waals surface area contributed by atoms with Crippen LogP contribution in [0.15, 0.2) is 78.9 Å². The first-order chi connectivity index (χ1) is 12.5. The van der Waals surface area contributed by atoms with Gasteiger partial charge in [-0.05, 0) is 22.3 Å². The number of rotatable bonds is 6. The first-order valence-electron chi connectivity index (χ1n) is 8.56. The molecule has 0 heterocycles. The number of aliphatic carboxylic acids is 1. The van der Waals surface area contributed by atoms with Gasteiger partial charge in [0.05, 0.1) is 5.92 Å². The van der Waals surface area contributed by atoms with Crippen molar-refractivity contribution in [2.24, 2.45) is 5.92 Å². The van der Waals surface area contributed by atoms with Crippen molar-refractivity contribution >= 4 is 11.8 Å². The normalized spacial score (nSPS) is 11.7. The van der Waals surface area contributed by atoms with Crippen LogP contribution in [-0.4, -0.2) is 16.9 Å². The summed E-state index contributed by atoms with van der Waals surface area (Å²) >= 11 is 0. The molecule has 26 heavy (non-hydrogen) atoms. The van der Waals surface area contributed by atoms with E-state index in [0.29, 0.717) is 5.56 Å². The summed E-state index contributed by atoms with van der Waals surface area (Å²) in [7, 11) is 0. The molecule has 0 fully saturated rings. The third kappa shape index (κ3) is 4.06. The van der Waals surface area contributed by atoms with Gasteiger partial charge in [0.25, 0.3) is 0 Å². The zero-order valence-corrected chi connectivity index (χ0v) is 14.6. The SMILES string of the molecule is CC(CC(=O)c1ccc(-c2ccc(-c3ccccc3)cc2)cc1)C(=O)O. The lowest BCUT2D eigenvalue weighted by molar-refractivity contribution is -0.141.